The van der Waals surface area contributed by atoms with E-state index in [9.17, 15) is 0 Å². The molecule has 7 heteroatoms. The number of nitrogens with zero attached hydrogens (tertiary/aromatic N) is 5. The van der Waals surface area contributed by atoms with Gasteiger partial charge in [0.15, 0.2) is 11.0 Å². The van der Waals surface area contributed by atoms with Crippen LogP contribution in [-0.4, -0.2) is 37.9 Å². The van der Waals surface area contributed by atoms with Crippen LogP contribution in [0.5, 0.6) is 0 Å². The van der Waals surface area contributed by atoms with Crippen LogP contribution in [0.25, 0.3) is 5.69 Å². The molecule has 0 amide bonds. The molecule has 0 spiro atoms. The number of likely N-dealkylation sites (tertiary alicyclic amines) is 1. The molecule has 0 radical (unpaired) electrons. The van der Waals surface area contributed by atoms with Gasteiger partial charge in [-0.25, -0.2) is 0 Å². The minimum atomic E-state index is 0.771. The second-order valence-corrected chi connectivity index (χ2v) is 8.88. The second-order valence-electron chi connectivity index (χ2n) is 7.93. The average Bonchev–Trinajstić information content (AvgIpc) is 3.37. The van der Waals surface area contributed by atoms with Crippen LogP contribution in [0.2, 0.25) is 0 Å². The molecule has 2 aromatic heterocycles. The van der Waals surface area contributed by atoms with Gasteiger partial charge in [0, 0.05) is 23.4 Å². The van der Waals surface area contributed by atoms with E-state index in [-0.39, 0.29) is 0 Å². The monoisotopic (exact) mass is 409 g/mol. The quantitative estimate of drug-likeness (QED) is 0.562. The summed E-state index contributed by atoms with van der Waals surface area (Å²) in [6, 6.07) is 10.5. The van der Waals surface area contributed by atoms with E-state index in [1.807, 2.05) is 6.07 Å². The molecular formula is C22H27N5OS. The molecule has 152 valence electrons. The third kappa shape index (κ3) is 4.12. The summed E-state index contributed by atoms with van der Waals surface area (Å²) in [6.07, 6.45) is 8.43. The first-order chi connectivity index (χ1) is 14.4. The van der Waals surface area contributed by atoms with Crippen molar-refractivity contribution in [1.29, 1.82) is 0 Å². The zero-order valence-electron chi connectivity index (χ0n) is 16.7. The second kappa shape index (κ2) is 8.71. The van der Waals surface area contributed by atoms with Crippen LogP contribution in [-0.2, 0) is 25.1 Å². The molecule has 6 nitrogen and oxygen atoms in total. The SMILES string of the molecule is c1ccc(-n2c(CN3CCCCC3)nnc2SCc2noc3c2CCCC3)cc1. The zero-order valence-corrected chi connectivity index (χ0v) is 17.5. The minimum absolute atomic E-state index is 0.771. The maximum absolute atomic E-state index is 5.58. The number of piperidine rings is 1. The molecule has 0 N–H and O–H groups in total. The van der Waals surface area contributed by atoms with Crippen LogP contribution in [0, 0.1) is 0 Å². The van der Waals surface area contributed by atoms with Gasteiger partial charge in [-0.05, 0) is 57.3 Å². The first-order valence-corrected chi connectivity index (χ1v) is 11.7. The third-order valence-corrected chi connectivity index (χ3v) is 6.84. The Bertz CT molecular complexity index is 946. The highest BCUT2D eigenvalue weighted by Gasteiger charge is 2.22. The lowest BCUT2D eigenvalue weighted by Crippen LogP contribution is -2.30. The Labute approximate surface area is 175 Å². The van der Waals surface area contributed by atoms with E-state index in [1.165, 1.54) is 37.7 Å². The molecule has 0 atom stereocenters. The lowest BCUT2D eigenvalue weighted by Gasteiger charge is -2.26. The largest absolute Gasteiger partial charge is 0.361 e. The first-order valence-electron chi connectivity index (χ1n) is 10.7. The van der Waals surface area contributed by atoms with Gasteiger partial charge >= 0.3 is 0 Å². The smallest absolute Gasteiger partial charge is 0.196 e. The Balaban J connectivity index is 1.39. The van der Waals surface area contributed by atoms with Crippen LogP contribution in [0.4, 0.5) is 0 Å². The van der Waals surface area contributed by atoms with Crippen molar-refractivity contribution in [3.05, 3.63) is 53.2 Å². The van der Waals surface area contributed by atoms with Gasteiger partial charge in [0.05, 0.1) is 12.2 Å². The summed E-state index contributed by atoms with van der Waals surface area (Å²) in [7, 11) is 0. The number of para-hydroxylation sites is 1. The molecule has 1 aliphatic heterocycles. The molecule has 0 saturated carbocycles. The average molecular weight is 410 g/mol. The van der Waals surface area contributed by atoms with Gasteiger partial charge in [-0.15, -0.1) is 10.2 Å². The number of benzene rings is 1. The Kier molecular flexibility index (Phi) is 5.67. The van der Waals surface area contributed by atoms with E-state index >= 15 is 0 Å². The summed E-state index contributed by atoms with van der Waals surface area (Å²) in [5, 5.41) is 14.4. The van der Waals surface area contributed by atoms with Gasteiger partial charge in [0.25, 0.3) is 0 Å². The van der Waals surface area contributed by atoms with E-state index in [0.717, 1.165) is 66.4 Å². The lowest BCUT2D eigenvalue weighted by atomic mass is 9.97. The maximum Gasteiger partial charge on any atom is 0.196 e. The van der Waals surface area contributed by atoms with Crippen LogP contribution in [0.1, 0.15) is 54.9 Å². The Morgan fingerprint density at radius 2 is 1.76 bits per heavy atom. The van der Waals surface area contributed by atoms with Gasteiger partial charge in [-0.2, -0.15) is 0 Å². The van der Waals surface area contributed by atoms with Gasteiger partial charge in [0.2, 0.25) is 0 Å². The van der Waals surface area contributed by atoms with E-state index in [0.29, 0.717) is 0 Å². The standard InChI is InChI=1S/C22H27N5OS/c1-3-9-17(10-4-1)27-21(15-26-13-7-2-8-14-26)23-24-22(27)29-16-19-18-11-5-6-12-20(18)28-25-19/h1,3-4,9-10H,2,5-8,11-16H2. The van der Waals surface area contributed by atoms with Crippen LogP contribution >= 0.6 is 11.8 Å². The van der Waals surface area contributed by atoms with Gasteiger partial charge in [-0.3, -0.25) is 9.47 Å². The van der Waals surface area contributed by atoms with Gasteiger partial charge in [0.1, 0.15) is 5.76 Å². The molecule has 2 aliphatic rings. The fourth-order valence-electron chi connectivity index (χ4n) is 4.35. The molecular weight excluding hydrogens is 382 g/mol. The Hall–Kier alpha value is -2.12. The predicted molar refractivity (Wildman–Crippen MR) is 113 cm³/mol. The number of hydrogen-bond acceptors (Lipinski definition) is 6. The van der Waals surface area contributed by atoms with Gasteiger partial charge in [-0.1, -0.05) is 41.5 Å². The normalized spacial score (nSPS) is 17.4. The van der Waals surface area contributed by atoms with Crippen molar-refractivity contribution in [1.82, 2.24) is 24.8 Å². The Morgan fingerprint density at radius 1 is 0.931 bits per heavy atom. The number of fused-ring (bicyclic) bond motifs is 1. The maximum atomic E-state index is 5.58. The zero-order chi connectivity index (χ0) is 19.5. The highest BCUT2D eigenvalue weighted by Crippen LogP contribution is 2.30. The molecule has 1 saturated heterocycles. The van der Waals surface area contributed by atoms with E-state index in [1.54, 1.807) is 11.8 Å². The lowest BCUT2D eigenvalue weighted by molar-refractivity contribution is 0.214. The van der Waals surface area contributed by atoms with Crippen molar-refractivity contribution < 1.29 is 4.52 Å². The summed E-state index contributed by atoms with van der Waals surface area (Å²) in [4.78, 5) is 2.50. The van der Waals surface area contributed by atoms with Crippen molar-refractivity contribution in [2.24, 2.45) is 0 Å². The molecule has 1 aromatic carbocycles. The molecule has 5 rings (SSSR count). The number of aryl methyl sites for hydroxylation is 1. The number of aromatic nitrogens is 4. The summed E-state index contributed by atoms with van der Waals surface area (Å²) in [5.41, 5.74) is 3.52. The molecule has 1 fully saturated rings. The summed E-state index contributed by atoms with van der Waals surface area (Å²) < 4.78 is 7.80. The van der Waals surface area contributed by atoms with Gasteiger partial charge < -0.3 is 4.52 Å². The van der Waals surface area contributed by atoms with Crippen molar-refractivity contribution in [2.45, 2.75) is 62.4 Å². The number of rotatable bonds is 6. The van der Waals surface area contributed by atoms with Crippen molar-refractivity contribution in [3.8, 4) is 5.69 Å². The molecule has 1 aliphatic carbocycles. The summed E-state index contributed by atoms with van der Waals surface area (Å²) >= 11 is 1.70. The topological polar surface area (TPSA) is 60.0 Å². The molecule has 3 heterocycles. The number of thioether (sulfide) groups is 1. The number of hydrogen-bond donors (Lipinski definition) is 0. The predicted octanol–water partition coefficient (Wildman–Crippen LogP) is 4.41. The van der Waals surface area contributed by atoms with Crippen LogP contribution < -0.4 is 0 Å². The summed E-state index contributed by atoms with van der Waals surface area (Å²) in [5.74, 6) is 2.87. The fourth-order valence-corrected chi connectivity index (χ4v) is 5.28. The summed E-state index contributed by atoms with van der Waals surface area (Å²) in [6.45, 7) is 3.15. The third-order valence-electron chi connectivity index (χ3n) is 5.90. The molecule has 0 unspecified atom stereocenters. The molecule has 29 heavy (non-hydrogen) atoms. The highest BCUT2D eigenvalue weighted by molar-refractivity contribution is 7.98. The fraction of sp³-hybridized carbons (Fsp3) is 0.500. The molecule has 0 bridgehead atoms. The van der Waals surface area contributed by atoms with E-state index in [4.69, 9.17) is 4.52 Å². The van der Waals surface area contributed by atoms with Crippen LogP contribution in [0.15, 0.2) is 40.0 Å². The first kappa shape index (κ1) is 18.9. The van der Waals surface area contributed by atoms with Crippen molar-refractivity contribution in [2.75, 3.05) is 13.1 Å². The van der Waals surface area contributed by atoms with Crippen molar-refractivity contribution >= 4 is 11.8 Å². The van der Waals surface area contributed by atoms with Crippen LogP contribution in [0.3, 0.4) is 0 Å². The Morgan fingerprint density at radius 3 is 2.62 bits per heavy atom. The van der Waals surface area contributed by atoms with E-state index in [2.05, 4.69) is 49.1 Å². The van der Waals surface area contributed by atoms with Crippen molar-refractivity contribution in [3.63, 3.8) is 0 Å². The minimum Gasteiger partial charge on any atom is -0.361 e. The van der Waals surface area contributed by atoms with E-state index < -0.39 is 0 Å². The molecule has 3 aromatic rings. The highest BCUT2D eigenvalue weighted by atomic mass is 32.2.